The van der Waals surface area contributed by atoms with Gasteiger partial charge in [-0.3, -0.25) is 0 Å². The Labute approximate surface area is 182 Å². The third-order valence-corrected chi connectivity index (χ3v) is 8.48. The van der Waals surface area contributed by atoms with Gasteiger partial charge in [0.05, 0.1) is 13.2 Å². The van der Waals surface area contributed by atoms with Gasteiger partial charge in [0, 0.05) is 31.0 Å². The second-order valence-corrected chi connectivity index (χ2v) is 11.8. The van der Waals surface area contributed by atoms with Gasteiger partial charge in [-0.15, -0.1) is 0 Å². The fraction of sp³-hybridized carbons (Fsp3) is 1.00. The molecular weight excluding hydrogens is 388 g/mol. The molecule has 0 aromatic rings. The van der Waals surface area contributed by atoms with Crippen molar-refractivity contribution in [2.45, 2.75) is 70.6 Å². The summed E-state index contributed by atoms with van der Waals surface area (Å²) in [7, 11) is 5.55. The van der Waals surface area contributed by atoms with E-state index in [0.717, 1.165) is 45.0 Å². The first-order valence-electron chi connectivity index (χ1n) is 11.2. The Morgan fingerprint density at radius 3 is 1.82 bits per heavy atom. The van der Waals surface area contributed by atoms with Crippen LogP contribution in [0.5, 0.6) is 0 Å². The summed E-state index contributed by atoms with van der Waals surface area (Å²) in [6, 6.07) is 0.847. The molecule has 0 aliphatic heterocycles. The van der Waals surface area contributed by atoms with Crippen LogP contribution in [0.1, 0.15) is 59.3 Å². The summed E-state index contributed by atoms with van der Waals surface area (Å²) >= 11 is 4.70. The first-order valence-corrected chi connectivity index (χ1v) is 13.6. The van der Waals surface area contributed by atoms with Gasteiger partial charge >= 0.3 is 8.80 Å². The molecule has 0 bridgehead atoms. The molecule has 0 N–H and O–H groups in total. The Hall–Kier alpha value is 0.367. The van der Waals surface area contributed by atoms with E-state index >= 15 is 0 Å². The molecule has 0 rings (SSSR count). The van der Waals surface area contributed by atoms with Crippen molar-refractivity contribution in [3.63, 3.8) is 0 Å². The van der Waals surface area contributed by atoms with Crippen molar-refractivity contribution in [1.29, 1.82) is 0 Å². The average molecular weight is 437 g/mol. The van der Waals surface area contributed by atoms with Crippen molar-refractivity contribution in [2.75, 3.05) is 61.1 Å². The van der Waals surface area contributed by atoms with Crippen molar-refractivity contribution in [1.82, 2.24) is 9.80 Å². The van der Waals surface area contributed by atoms with E-state index in [1.54, 1.807) is 0 Å². The highest BCUT2D eigenvalue weighted by molar-refractivity contribution is 7.80. The first kappa shape index (κ1) is 28.4. The van der Waals surface area contributed by atoms with Crippen LogP contribution < -0.4 is 0 Å². The minimum absolute atomic E-state index is 0.368. The zero-order chi connectivity index (χ0) is 21.4. The highest BCUT2D eigenvalue weighted by Crippen LogP contribution is 2.24. The molecule has 0 aliphatic carbocycles. The van der Waals surface area contributed by atoms with Gasteiger partial charge in [-0.25, -0.2) is 0 Å². The molecular formula is C21H48N2O3SSi. The number of rotatable bonds is 19. The normalized spacial score (nSPS) is 14.8. The molecule has 0 heterocycles. The van der Waals surface area contributed by atoms with Crippen LogP contribution in [0.25, 0.3) is 0 Å². The van der Waals surface area contributed by atoms with Crippen molar-refractivity contribution < 1.29 is 13.3 Å². The SMILES string of the molecule is CCCCC(CC)CO[Si](CCC(S)CC)(OCCN(C)C)OCCN(C)C. The predicted molar refractivity (Wildman–Crippen MR) is 127 cm³/mol. The van der Waals surface area contributed by atoms with Crippen LogP contribution in [0.3, 0.4) is 0 Å². The lowest BCUT2D eigenvalue weighted by Gasteiger charge is -2.33. The van der Waals surface area contributed by atoms with E-state index in [0.29, 0.717) is 24.4 Å². The molecule has 0 aromatic heterocycles. The van der Waals surface area contributed by atoms with Crippen molar-refractivity contribution in [3.8, 4) is 0 Å². The Kier molecular flexibility index (Phi) is 17.3. The molecule has 0 saturated carbocycles. The molecule has 7 heteroatoms. The van der Waals surface area contributed by atoms with E-state index in [-0.39, 0.29) is 0 Å². The maximum atomic E-state index is 6.56. The lowest BCUT2D eigenvalue weighted by atomic mass is 10.0. The van der Waals surface area contributed by atoms with Gasteiger partial charge in [0.25, 0.3) is 0 Å². The van der Waals surface area contributed by atoms with E-state index in [1.165, 1.54) is 19.3 Å². The van der Waals surface area contributed by atoms with Crippen LogP contribution in [-0.2, 0) is 13.3 Å². The molecule has 0 aliphatic rings. The summed E-state index contributed by atoms with van der Waals surface area (Å²) in [5.41, 5.74) is 0. The molecule has 0 fully saturated rings. The summed E-state index contributed by atoms with van der Waals surface area (Å²) < 4.78 is 19.4. The lowest BCUT2D eigenvalue weighted by molar-refractivity contribution is 0.0386. The zero-order valence-electron chi connectivity index (χ0n) is 19.7. The van der Waals surface area contributed by atoms with Gasteiger partial charge in [0.2, 0.25) is 0 Å². The van der Waals surface area contributed by atoms with Crippen LogP contribution in [0, 0.1) is 5.92 Å². The summed E-state index contributed by atoms with van der Waals surface area (Å²) in [5, 5.41) is 0.368. The molecule has 0 spiro atoms. The Bertz CT molecular complexity index is 349. The third kappa shape index (κ3) is 14.4. The number of hydrogen-bond donors (Lipinski definition) is 1. The predicted octanol–water partition coefficient (Wildman–Crippen LogP) is 4.41. The molecule has 2 unspecified atom stereocenters. The van der Waals surface area contributed by atoms with E-state index in [9.17, 15) is 0 Å². The second kappa shape index (κ2) is 17.1. The lowest BCUT2D eigenvalue weighted by Crippen LogP contribution is -2.49. The maximum absolute atomic E-state index is 6.56. The molecule has 28 heavy (non-hydrogen) atoms. The molecule has 2 atom stereocenters. The number of nitrogens with zero attached hydrogens (tertiary/aromatic N) is 2. The molecule has 0 aromatic carbocycles. The van der Waals surface area contributed by atoms with Gasteiger partial charge < -0.3 is 23.1 Å². The van der Waals surface area contributed by atoms with Crippen LogP contribution >= 0.6 is 12.6 Å². The summed E-state index contributed by atoms with van der Waals surface area (Å²) in [4.78, 5) is 4.28. The van der Waals surface area contributed by atoms with Gasteiger partial charge in [0.1, 0.15) is 0 Å². The summed E-state index contributed by atoms with van der Waals surface area (Å²) in [6.07, 6.45) is 6.88. The summed E-state index contributed by atoms with van der Waals surface area (Å²) in [5.74, 6) is 0.583. The fourth-order valence-electron chi connectivity index (χ4n) is 2.80. The molecule has 0 saturated heterocycles. The monoisotopic (exact) mass is 436 g/mol. The van der Waals surface area contributed by atoms with Crippen molar-refractivity contribution >= 4 is 21.4 Å². The van der Waals surface area contributed by atoms with Crippen LogP contribution in [0.2, 0.25) is 6.04 Å². The number of hydrogen-bond acceptors (Lipinski definition) is 6. The molecule has 0 radical (unpaired) electrons. The molecule has 170 valence electrons. The minimum Gasteiger partial charge on any atom is -0.373 e. The van der Waals surface area contributed by atoms with E-state index < -0.39 is 8.80 Å². The molecule has 5 nitrogen and oxygen atoms in total. The largest absolute Gasteiger partial charge is 0.501 e. The minimum atomic E-state index is -2.73. The number of thiol groups is 1. The smallest absolute Gasteiger partial charge is 0.373 e. The van der Waals surface area contributed by atoms with E-state index in [1.807, 2.05) is 0 Å². The maximum Gasteiger partial charge on any atom is 0.501 e. The number of likely N-dealkylation sites (N-methyl/N-ethyl adjacent to an activating group) is 2. The fourth-order valence-corrected chi connectivity index (χ4v) is 5.85. The summed E-state index contributed by atoms with van der Waals surface area (Å²) in [6.45, 7) is 10.5. The van der Waals surface area contributed by atoms with Gasteiger partial charge in [0.15, 0.2) is 0 Å². The van der Waals surface area contributed by atoms with Gasteiger partial charge in [-0.1, -0.05) is 40.0 Å². The highest BCUT2D eigenvalue weighted by atomic mass is 32.1. The second-order valence-electron chi connectivity index (χ2n) is 8.31. The van der Waals surface area contributed by atoms with Gasteiger partial charge in [-0.05, 0) is 53.4 Å². The van der Waals surface area contributed by atoms with E-state index in [2.05, 4.69) is 58.8 Å². The highest BCUT2D eigenvalue weighted by Gasteiger charge is 2.41. The van der Waals surface area contributed by atoms with E-state index in [4.69, 9.17) is 25.9 Å². The van der Waals surface area contributed by atoms with Crippen LogP contribution in [-0.4, -0.2) is 85.0 Å². The van der Waals surface area contributed by atoms with Crippen LogP contribution in [0.15, 0.2) is 0 Å². The Morgan fingerprint density at radius 2 is 1.39 bits per heavy atom. The van der Waals surface area contributed by atoms with Crippen molar-refractivity contribution in [2.24, 2.45) is 5.92 Å². The van der Waals surface area contributed by atoms with Gasteiger partial charge in [-0.2, -0.15) is 12.6 Å². The Balaban J connectivity index is 5.14. The number of unbranched alkanes of at least 4 members (excludes halogenated alkanes) is 1. The average Bonchev–Trinajstić information content (AvgIpc) is 2.65. The zero-order valence-corrected chi connectivity index (χ0v) is 21.6. The van der Waals surface area contributed by atoms with Crippen molar-refractivity contribution in [3.05, 3.63) is 0 Å². The topological polar surface area (TPSA) is 34.2 Å². The Morgan fingerprint density at radius 1 is 0.821 bits per heavy atom. The third-order valence-electron chi connectivity index (χ3n) is 5.06. The molecule has 0 amide bonds. The standard InChI is InChI=1S/C21H48N2O3SSi/c1-8-11-12-20(9-2)19-26-28(18-13-21(27)10-3,24-16-14-22(4)5)25-17-15-23(6)7/h20-21,27H,8-19H2,1-7H3. The van der Waals surface area contributed by atoms with Crippen LogP contribution in [0.4, 0.5) is 0 Å². The first-order chi connectivity index (χ1) is 13.3. The quantitative estimate of drug-likeness (QED) is 0.240.